The smallest absolute Gasteiger partial charge is 0.407 e. The monoisotopic (exact) mass is 479 g/mol. The molecule has 0 bridgehead atoms. The van der Waals surface area contributed by atoms with E-state index >= 15 is 0 Å². The van der Waals surface area contributed by atoms with Crippen molar-refractivity contribution >= 4 is 18.0 Å². The van der Waals surface area contributed by atoms with Gasteiger partial charge in [-0.1, -0.05) is 55.5 Å². The largest absolute Gasteiger partial charge is 0.481 e. The number of aliphatic carboxylic acids is 1. The topological polar surface area (TPSA) is 99.2 Å². The minimum absolute atomic E-state index is 0.0577. The van der Waals surface area contributed by atoms with E-state index in [0.29, 0.717) is 26.1 Å². The zero-order chi connectivity index (χ0) is 25.1. The van der Waals surface area contributed by atoms with Crippen LogP contribution >= 0.6 is 0 Å². The summed E-state index contributed by atoms with van der Waals surface area (Å²) in [5.74, 6) is -1.69. The lowest BCUT2D eigenvalue weighted by Crippen LogP contribution is -2.59. The lowest BCUT2D eigenvalue weighted by molar-refractivity contribution is -0.151. The molecule has 0 radical (unpaired) electrons. The molecule has 2 aliphatic rings. The Morgan fingerprint density at radius 1 is 1.06 bits per heavy atom. The quantitative estimate of drug-likeness (QED) is 0.574. The van der Waals surface area contributed by atoms with Gasteiger partial charge in [0.15, 0.2) is 0 Å². The maximum atomic E-state index is 13.1. The summed E-state index contributed by atoms with van der Waals surface area (Å²) in [7, 11) is 3.81. The van der Waals surface area contributed by atoms with Gasteiger partial charge in [0, 0.05) is 24.9 Å². The number of amides is 2. The van der Waals surface area contributed by atoms with E-state index in [1.54, 1.807) is 11.8 Å². The second kappa shape index (κ2) is 10.5. The summed E-state index contributed by atoms with van der Waals surface area (Å²) in [5, 5.41) is 12.0. The summed E-state index contributed by atoms with van der Waals surface area (Å²) in [4.78, 5) is 40.7. The molecule has 2 unspecified atom stereocenters. The molecule has 2 amide bonds. The molecule has 2 N–H and O–H groups in total. The number of carbonyl (C=O) groups excluding carboxylic acids is 2. The van der Waals surface area contributed by atoms with Crippen molar-refractivity contribution in [1.29, 1.82) is 0 Å². The highest BCUT2D eigenvalue weighted by Crippen LogP contribution is 2.44. The van der Waals surface area contributed by atoms with Crippen molar-refractivity contribution in [3.8, 4) is 11.1 Å². The van der Waals surface area contributed by atoms with Crippen molar-refractivity contribution in [1.82, 2.24) is 15.1 Å². The maximum absolute atomic E-state index is 13.1. The Bertz CT molecular complexity index is 1050. The van der Waals surface area contributed by atoms with Gasteiger partial charge in [-0.3, -0.25) is 9.59 Å². The number of carbonyl (C=O) groups is 3. The number of likely N-dealkylation sites (tertiary alicyclic amines) is 1. The zero-order valence-corrected chi connectivity index (χ0v) is 20.4. The van der Waals surface area contributed by atoms with Crippen LogP contribution in [0.25, 0.3) is 11.1 Å². The third-order valence-electron chi connectivity index (χ3n) is 7.12. The van der Waals surface area contributed by atoms with E-state index in [4.69, 9.17) is 4.74 Å². The molecule has 0 aromatic heterocycles. The molecule has 1 saturated heterocycles. The van der Waals surface area contributed by atoms with Crippen LogP contribution in [-0.4, -0.2) is 79.3 Å². The minimum atomic E-state index is -0.858. The molecule has 4 rings (SSSR count). The molecule has 2 aromatic rings. The van der Waals surface area contributed by atoms with E-state index < -0.39 is 24.0 Å². The van der Waals surface area contributed by atoms with Gasteiger partial charge in [0.05, 0.1) is 5.92 Å². The lowest BCUT2D eigenvalue weighted by atomic mass is 9.86. The van der Waals surface area contributed by atoms with Gasteiger partial charge in [0.25, 0.3) is 0 Å². The van der Waals surface area contributed by atoms with Gasteiger partial charge < -0.3 is 25.0 Å². The van der Waals surface area contributed by atoms with Gasteiger partial charge >= 0.3 is 12.1 Å². The summed E-state index contributed by atoms with van der Waals surface area (Å²) < 4.78 is 5.64. The molecule has 8 heteroatoms. The number of alkyl carbamates (subject to hydrolysis) is 1. The number of benzene rings is 2. The van der Waals surface area contributed by atoms with Crippen molar-refractivity contribution in [3.05, 3.63) is 59.7 Å². The van der Waals surface area contributed by atoms with Crippen LogP contribution in [0.5, 0.6) is 0 Å². The van der Waals surface area contributed by atoms with Crippen LogP contribution in [0.4, 0.5) is 4.79 Å². The molecule has 1 aliphatic carbocycles. The van der Waals surface area contributed by atoms with E-state index in [0.717, 1.165) is 22.3 Å². The molecule has 8 nitrogen and oxygen atoms in total. The zero-order valence-electron chi connectivity index (χ0n) is 20.4. The van der Waals surface area contributed by atoms with E-state index in [2.05, 4.69) is 29.6 Å². The third kappa shape index (κ3) is 5.32. The first kappa shape index (κ1) is 24.7. The Balaban J connectivity index is 1.38. The molecule has 0 saturated carbocycles. The summed E-state index contributed by atoms with van der Waals surface area (Å²) in [6, 6.07) is 15.5. The molecule has 1 heterocycles. The number of nitrogens with zero attached hydrogens (tertiary/aromatic N) is 2. The van der Waals surface area contributed by atoms with Gasteiger partial charge in [-0.2, -0.15) is 0 Å². The van der Waals surface area contributed by atoms with Crippen molar-refractivity contribution in [2.75, 3.05) is 40.3 Å². The Labute approximate surface area is 205 Å². The van der Waals surface area contributed by atoms with Crippen molar-refractivity contribution in [2.24, 2.45) is 11.8 Å². The lowest BCUT2D eigenvalue weighted by Gasteiger charge is -2.42. The van der Waals surface area contributed by atoms with Gasteiger partial charge in [0.1, 0.15) is 12.6 Å². The molecule has 1 fully saturated rings. The Kier molecular flexibility index (Phi) is 7.40. The number of hydrogen-bond donors (Lipinski definition) is 2. The first-order valence-electron chi connectivity index (χ1n) is 12.0. The fourth-order valence-electron chi connectivity index (χ4n) is 4.86. The number of carboxylic acids is 1. The summed E-state index contributed by atoms with van der Waals surface area (Å²) in [6.07, 6.45) is -0.189. The number of ether oxygens (including phenoxy) is 1. The van der Waals surface area contributed by atoms with Gasteiger partial charge in [-0.05, 0) is 49.3 Å². The Morgan fingerprint density at radius 3 is 2.17 bits per heavy atom. The van der Waals surface area contributed by atoms with E-state index in [-0.39, 0.29) is 24.3 Å². The molecular weight excluding hydrogens is 446 g/mol. The fourth-order valence-corrected chi connectivity index (χ4v) is 4.86. The Hall–Kier alpha value is -3.39. The van der Waals surface area contributed by atoms with E-state index in [9.17, 15) is 19.5 Å². The van der Waals surface area contributed by atoms with Crippen molar-refractivity contribution < 1.29 is 24.2 Å². The highest BCUT2D eigenvalue weighted by Gasteiger charge is 2.40. The highest BCUT2D eigenvalue weighted by molar-refractivity contribution is 5.86. The second-order valence-corrected chi connectivity index (χ2v) is 9.74. The maximum Gasteiger partial charge on any atom is 0.407 e. The SMILES string of the molecule is CC(C(=O)O)C1CN(C(=O)C(CCN(C)C)NC(=O)OCC2c3ccccc3-c3ccccc32)C1. The second-order valence-electron chi connectivity index (χ2n) is 9.74. The molecule has 186 valence electrons. The average molecular weight is 480 g/mol. The number of fused-ring (bicyclic) bond motifs is 3. The Morgan fingerprint density at radius 2 is 1.63 bits per heavy atom. The van der Waals surface area contributed by atoms with Crippen molar-refractivity contribution in [3.63, 3.8) is 0 Å². The van der Waals surface area contributed by atoms with E-state index in [1.165, 1.54) is 0 Å². The van der Waals surface area contributed by atoms with Crippen LogP contribution < -0.4 is 5.32 Å². The first-order valence-corrected chi connectivity index (χ1v) is 12.0. The number of carboxylic acid groups (broad SMARTS) is 1. The van der Waals surface area contributed by atoms with Gasteiger partial charge in [-0.15, -0.1) is 0 Å². The van der Waals surface area contributed by atoms with Crippen LogP contribution in [0.3, 0.4) is 0 Å². The fraction of sp³-hybridized carbons (Fsp3) is 0.444. The van der Waals surface area contributed by atoms with Crippen LogP contribution in [0.2, 0.25) is 0 Å². The van der Waals surface area contributed by atoms with Crippen LogP contribution in [0.1, 0.15) is 30.4 Å². The van der Waals surface area contributed by atoms with Crippen LogP contribution in [0.15, 0.2) is 48.5 Å². The minimum Gasteiger partial charge on any atom is -0.481 e. The van der Waals surface area contributed by atoms with Gasteiger partial charge in [-0.25, -0.2) is 4.79 Å². The molecule has 1 aliphatic heterocycles. The molecule has 35 heavy (non-hydrogen) atoms. The normalized spacial score (nSPS) is 16.7. The van der Waals surface area contributed by atoms with Crippen LogP contribution in [0, 0.1) is 11.8 Å². The number of rotatable bonds is 9. The summed E-state index contributed by atoms with van der Waals surface area (Å²) >= 11 is 0. The molecular formula is C27H33N3O5. The van der Waals surface area contributed by atoms with Gasteiger partial charge in [0.2, 0.25) is 5.91 Å². The van der Waals surface area contributed by atoms with Crippen molar-refractivity contribution in [2.45, 2.75) is 25.3 Å². The first-order chi connectivity index (χ1) is 16.8. The molecule has 0 spiro atoms. The molecule has 2 atom stereocenters. The average Bonchev–Trinajstić information content (AvgIpc) is 3.12. The summed E-state index contributed by atoms with van der Waals surface area (Å²) in [5.41, 5.74) is 4.56. The predicted octanol–water partition coefficient (Wildman–Crippen LogP) is 3.02. The molecule has 2 aromatic carbocycles. The summed E-state index contributed by atoms with van der Waals surface area (Å²) in [6.45, 7) is 3.22. The number of nitrogens with one attached hydrogen (secondary N) is 1. The highest BCUT2D eigenvalue weighted by atomic mass is 16.5. The van der Waals surface area contributed by atoms with Crippen LogP contribution in [-0.2, 0) is 14.3 Å². The third-order valence-corrected chi connectivity index (χ3v) is 7.12. The standard InChI is InChI=1S/C27H33N3O5/c1-17(26(32)33)18-14-30(15-18)25(31)24(12-13-29(2)3)28-27(34)35-16-23-21-10-6-4-8-19(21)20-9-5-7-11-22(20)23/h4-11,17-18,23-24H,12-16H2,1-3H3,(H,28,34)(H,32,33). The number of hydrogen-bond acceptors (Lipinski definition) is 5. The predicted molar refractivity (Wildman–Crippen MR) is 132 cm³/mol. The van der Waals surface area contributed by atoms with E-state index in [1.807, 2.05) is 43.3 Å².